The quantitative estimate of drug-likeness (QED) is 0.299. The molecule has 1 N–H and O–H groups in total. The molecular weight excluding hydrogens is 511 g/mol. The number of aromatic nitrogens is 4. The molecule has 1 aliphatic rings. The van der Waals surface area contributed by atoms with Crippen LogP contribution < -0.4 is 11.2 Å². The second kappa shape index (κ2) is 10.9. The summed E-state index contributed by atoms with van der Waals surface area (Å²) >= 11 is 0. The molecular formula is C31H27FN4O4. The first kappa shape index (κ1) is 25.7. The molecule has 0 saturated carbocycles. The van der Waals surface area contributed by atoms with E-state index < -0.39 is 41.4 Å². The van der Waals surface area contributed by atoms with Crippen LogP contribution in [0.2, 0.25) is 0 Å². The number of nitrogens with one attached hydrogen (secondary N) is 1. The van der Waals surface area contributed by atoms with E-state index in [1.165, 1.54) is 29.4 Å². The lowest BCUT2D eigenvalue weighted by molar-refractivity contribution is -0.0881. The molecule has 1 aliphatic heterocycles. The van der Waals surface area contributed by atoms with Gasteiger partial charge in [-0.2, -0.15) is 0 Å². The number of benzene rings is 3. The molecule has 0 amide bonds. The van der Waals surface area contributed by atoms with Crippen LogP contribution in [0.4, 0.5) is 4.39 Å². The molecule has 9 heteroatoms. The van der Waals surface area contributed by atoms with Crippen LogP contribution in [0.15, 0.2) is 132 Å². The molecule has 4 atom stereocenters. The van der Waals surface area contributed by atoms with Crippen molar-refractivity contribution in [3.05, 3.63) is 160 Å². The van der Waals surface area contributed by atoms with E-state index in [-0.39, 0.29) is 6.61 Å². The highest BCUT2D eigenvalue weighted by molar-refractivity contribution is 5.47. The second-order valence-electron chi connectivity index (χ2n) is 9.62. The number of rotatable bonds is 8. The molecule has 0 bridgehead atoms. The van der Waals surface area contributed by atoms with Crippen LogP contribution in [-0.2, 0) is 15.1 Å². The Bertz CT molecular complexity index is 1560. The lowest BCUT2D eigenvalue weighted by atomic mass is 9.80. The first-order valence-corrected chi connectivity index (χ1v) is 13.0. The summed E-state index contributed by atoms with van der Waals surface area (Å²) in [5, 5.41) is 0. The highest BCUT2D eigenvalue weighted by Crippen LogP contribution is 2.44. The molecule has 0 radical (unpaired) electrons. The Labute approximate surface area is 229 Å². The number of alkyl halides is 1. The summed E-state index contributed by atoms with van der Waals surface area (Å²) in [6, 6.07) is 29.7. The molecule has 3 aromatic carbocycles. The smallest absolute Gasteiger partial charge is 0.330 e. The van der Waals surface area contributed by atoms with Crippen molar-refractivity contribution in [3.8, 4) is 0 Å². The summed E-state index contributed by atoms with van der Waals surface area (Å²) in [5.74, 6) is 0. The maximum absolute atomic E-state index is 16.3. The van der Waals surface area contributed by atoms with Gasteiger partial charge in [-0.05, 0) is 16.7 Å². The van der Waals surface area contributed by atoms with Crippen LogP contribution in [0.3, 0.4) is 0 Å². The fraction of sp³-hybridized carbons (Fsp3) is 0.194. The van der Waals surface area contributed by atoms with Gasteiger partial charge in [0.05, 0.1) is 12.9 Å². The summed E-state index contributed by atoms with van der Waals surface area (Å²) in [7, 11) is 0. The van der Waals surface area contributed by atoms with Gasteiger partial charge in [0.25, 0.3) is 5.56 Å². The Morgan fingerprint density at radius 2 is 1.43 bits per heavy atom. The Morgan fingerprint density at radius 1 is 0.850 bits per heavy atom. The van der Waals surface area contributed by atoms with E-state index >= 15 is 4.39 Å². The minimum Gasteiger partial charge on any atom is -0.358 e. The topological polar surface area (TPSA) is 91.1 Å². The first-order valence-electron chi connectivity index (χ1n) is 13.0. The normalized spacial score (nSPS) is 20.9. The van der Waals surface area contributed by atoms with Crippen LogP contribution >= 0.6 is 0 Å². The van der Waals surface area contributed by atoms with Gasteiger partial charge in [0.1, 0.15) is 17.7 Å². The van der Waals surface area contributed by atoms with Gasteiger partial charge < -0.3 is 14.0 Å². The molecule has 0 unspecified atom stereocenters. The average Bonchev–Trinajstić information content (AvgIpc) is 3.63. The number of hydrogen-bond acceptors (Lipinski definition) is 5. The van der Waals surface area contributed by atoms with Gasteiger partial charge in [0.2, 0.25) is 0 Å². The molecule has 1 fully saturated rings. The monoisotopic (exact) mass is 538 g/mol. The van der Waals surface area contributed by atoms with Gasteiger partial charge in [-0.15, -0.1) is 0 Å². The molecule has 0 aliphatic carbocycles. The Hall–Kier alpha value is -4.60. The number of ether oxygens (including phenoxy) is 2. The van der Waals surface area contributed by atoms with Crippen molar-refractivity contribution in [2.24, 2.45) is 0 Å². The Kier molecular flexibility index (Phi) is 6.98. The summed E-state index contributed by atoms with van der Waals surface area (Å²) < 4.78 is 32.1. The van der Waals surface area contributed by atoms with E-state index in [1.807, 2.05) is 91.0 Å². The van der Waals surface area contributed by atoms with Crippen LogP contribution in [0, 0.1) is 0 Å². The third kappa shape index (κ3) is 4.59. The number of nitrogens with zero attached hydrogens (tertiary/aromatic N) is 3. The van der Waals surface area contributed by atoms with Crippen LogP contribution in [-0.4, -0.2) is 38.0 Å². The molecule has 202 valence electrons. The lowest BCUT2D eigenvalue weighted by Crippen LogP contribution is -2.38. The summed E-state index contributed by atoms with van der Waals surface area (Å²) in [5.41, 5.74) is 0.322. The van der Waals surface area contributed by atoms with Crippen molar-refractivity contribution in [1.82, 2.24) is 19.1 Å². The predicted octanol–water partition coefficient (Wildman–Crippen LogP) is 4.22. The Morgan fingerprint density at radius 3 is 1.93 bits per heavy atom. The van der Waals surface area contributed by atoms with Crippen molar-refractivity contribution >= 4 is 0 Å². The number of halogens is 1. The van der Waals surface area contributed by atoms with Gasteiger partial charge in [-0.3, -0.25) is 14.3 Å². The number of hydrogen-bond donors (Lipinski definition) is 1. The van der Waals surface area contributed by atoms with Gasteiger partial charge in [0.15, 0.2) is 12.4 Å². The first-order chi connectivity index (χ1) is 19.6. The fourth-order valence-electron chi connectivity index (χ4n) is 5.43. The van der Waals surface area contributed by atoms with Gasteiger partial charge in [-0.25, -0.2) is 14.2 Å². The number of H-pyrrole nitrogens is 1. The van der Waals surface area contributed by atoms with Gasteiger partial charge in [-0.1, -0.05) is 91.0 Å². The molecule has 5 aromatic rings. The van der Waals surface area contributed by atoms with Gasteiger partial charge in [0, 0.05) is 24.7 Å². The van der Waals surface area contributed by atoms with Gasteiger partial charge >= 0.3 is 5.69 Å². The zero-order chi connectivity index (χ0) is 27.5. The zero-order valence-corrected chi connectivity index (χ0v) is 21.4. The van der Waals surface area contributed by atoms with Crippen LogP contribution in [0.1, 0.15) is 29.0 Å². The Balaban J connectivity index is 1.41. The third-order valence-corrected chi connectivity index (χ3v) is 7.29. The second-order valence-corrected chi connectivity index (χ2v) is 9.62. The average molecular weight is 539 g/mol. The largest absolute Gasteiger partial charge is 0.358 e. The van der Waals surface area contributed by atoms with E-state index in [2.05, 4.69) is 9.97 Å². The van der Waals surface area contributed by atoms with Crippen molar-refractivity contribution in [3.63, 3.8) is 0 Å². The molecule has 8 nitrogen and oxygen atoms in total. The van der Waals surface area contributed by atoms with Crippen LogP contribution in [0.25, 0.3) is 0 Å². The molecule has 40 heavy (non-hydrogen) atoms. The third-order valence-electron chi connectivity index (χ3n) is 7.29. The van der Waals surface area contributed by atoms with E-state index in [0.717, 1.165) is 16.7 Å². The molecule has 3 heterocycles. The SMILES string of the molecule is O=c1ccn([C@@H]2O[C@H](COC(c3ccccc3)(c3ccccc3)c3ccccc3)[C@@H](F)[C@H]2n2ccnc2)c(=O)[nH]1. The zero-order valence-electron chi connectivity index (χ0n) is 21.4. The van der Waals surface area contributed by atoms with Crippen molar-refractivity contribution in [2.45, 2.75) is 30.1 Å². The molecule has 0 spiro atoms. The number of aromatic amines is 1. The summed E-state index contributed by atoms with van der Waals surface area (Å²) in [4.78, 5) is 30.7. The minimum absolute atomic E-state index is 0.125. The molecule has 2 aromatic heterocycles. The maximum atomic E-state index is 16.3. The van der Waals surface area contributed by atoms with E-state index in [1.54, 1.807) is 10.8 Å². The molecule has 1 saturated heterocycles. The van der Waals surface area contributed by atoms with Crippen molar-refractivity contribution in [1.29, 1.82) is 0 Å². The number of imidazole rings is 1. The van der Waals surface area contributed by atoms with E-state index in [9.17, 15) is 9.59 Å². The molecule has 6 rings (SSSR count). The van der Waals surface area contributed by atoms with Crippen molar-refractivity contribution in [2.75, 3.05) is 6.61 Å². The van der Waals surface area contributed by atoms with Crippen molar-refractivity contribution < 1.29 is 13.9 Å². The standard InChI is InChI=1S/C31H27FN4O4/c32-27-25(40-29(28(27)35-19-17-33-21-35)36-18-16-26(37)34-30(36)38)20-39-31(22-10-4-1-5-11-22,23-12-6-2-7-13-23)24-14-8-3-9-15-24/h1-19,21,25,27-29H,20H2,(H,34,37,38)/t25-,27-,28-,29-/m1/s1. The van der Waals surface area contributed by atoms with E-state index in [0.29, 0.717) is 0 Å². The highest BCUT2D eigenvalue weighted by Gasteiger charge is 2.49. The van der Waals surface area contributed by atoms with E-state index in [4.69, 9.17) is 9.47 Å². The predicted molar refractivity (Wildman–Crippen MR) is 147 cm³/mol. The minimum atomic E-state index is -1.56. The van der Waals surface area contributed by atoms with Crippen LogP contribution in [0.5, 0.6) is 0 Å². The lowest BCUT2D eigenvalue weighted by Gasteiger charge is -2.36. The maximum Gasteiger partial charge on any atom is 0.330 e. The summed E-state index contributed by atoms with van der Waals surface area (Å²) in [6.45, 7) is -0.125. The fourth-order valence-corrected chi connectivity index (χ4v) is 5.43. The highest BCUT2D eigenvalue weighted by atomic mass is 19.1. The summed E-state index contributed by atoms with van der Waals surface area (Å²) in [6.07, 6.45) is 2.32.